The van der Waals surface area contributed by atoms with E-state index in [4.69, 9.17) is 0 Å². The summed E-state index contributed by atoms with van der Waals surface area (Å²) in [7, 11) is 0. The minimum atomic E-state index is -0.130. The van der Waals surface area contributed by atoms with Crippen molar-refractivity contribution in [2.45, 2.75) is 40.0 Å². The highest BCUT2D eigenvalue weighted by Crippen LogP contribution is 2.41. The lowest BCUT2D eigenvalue weighted by Gasteiger charge is -2.36. The minimum absolute atomic E-state index is 0.130. The van der Waals surface area contributed by atoms with E-state index >= 15 is 0 Å². The molecule has 16 heavy (non-hydrogen) atoms. The van der Waals surface area contributed by atoms with Gasteiger partial charge in [-0.2, -0.15) is 0 Å². The van der Waals surface area contributed by atoms with Crippen LogP contribution < -0.4 is 5.32 Å². The second-order valence-corrected chi connectivity index (χ2v) is 5.14. The van der Waals surface area contributed by atoms with Crippen LogP contribution in [0.2, 0.25) is 0 Å². The second-order valence-electron chi connectivity index (χ2n) is 5.14. The largest absolute Gasteiger partial charge is 0.325 e. The first-order valence-corrected chi connectivity index (χ1v) is 5.91. The second kappa shape index (κ2) is 3.93. The molecule has 1 aliphatic carbocycles. The van der Waals surface area contributed by atoms with Crippen LogP contribution >= 0.6 is 0 Å². The predicted octanol–water partition coefficient (Wildman–Crippen LogP) is 3.43. The average molecular weight is 217 g/mol. The van der Waals surface area contributed by atoms with Crippen LogP contribution in [0.4, 0.5) is 5.69 Å². The van der Waals surface area contributed by atoms with Crippen LogP contribution in [0.3, 0.4) is 0 Å². The first-order valence-electron chi connectivity index (χ1n) is 5.91. The van der Waals surface area contributed by atoms with Gasteiger partial charge in [0.25, 0.3) is 0 Å². The van der Waals surface area contributed by atoms with E-state index < -0.39 is 0 Å². The molecular weight excluding hydrogens is 198 g/mol. The molecule has 0 saturated heterocycles. The van der Waals surface area contributed by atoms with E-state index in [0.29, 0.717) is 0 Å². The lowest BCUT2D eigenvalue weighted by Crippen LogP contribution is -2.39. The van der Waals surface area contributed by atoms with Gasteiger partial charge in [0.15, 0.2) is 0 Å². The summed E-state index contributed by atoms with van der Waals surface area (Å²) < 4.78 is 0. The fourth-order valence-electron chi connectivity index (χ4n) is 2.21. The number of aryl methyl sites for hydroxylation is 2. The topological polar surface area (TPSA) is 29.1 Å². The van der Waals surface area contributed by atoms with Gasteiger partial charge in [-0.3, -0.25) is 4.79 Å². The Morgan fingerprint density at radius 2 is 1.81 bits per heavy atom. The molecule has 2 heteroatoms. The highest BCUT2D eigenvalue weighted by Gasteiger charge is 2.39. The number of carbonyl (C=O) groups is 1. The molecule has 0 radical (unpaired) electrons. The summed E-state index contributed by atoms with van der Waals surface area (Å²) in [6, 6.07) is 6.09. The van der Waals surface area contributed by atoms with Gasteiger partial charge in [-0.1, -0.05) is 31.5 Å². The van der Waals surface area contributed by atoms with Gasteiger partial charge in [-0.25, -0.2) is 0 Å². The number of carbonyl (C=O) groups excluding carboxylic acids is 1. The average Bonchev–Trinajstić information content (AvgIpc) is 2.20. The van der Waals surface area contributed by atoms with Crippen LogP contribution in [0.25, 0.3) is 0 Å². The Balaban J connectivity index is 2.18. The van der Waals surface area contributed by atoms with Gasteiger partial charge in [0, 0.05) is 11.1 Å². The summed E-state index contributed by atoms with van der Waals surface area (Å²) in [5.74, 6) is 0.177. The quantitative estimate of drug-likeness (QED) is 0.808. The Labute approximate surface area is 97.1 Å². The number of nitrogens with one attached hydrogen (secondary N) is 1. The van der Waals surface area contributed by atoms with Gasteiger partial charge < -0.3 is 5.32 Å². The van der Waals surface area contributed by atoms with E-state index in [2.05, 4.69) is 12.2 Å². The Bertz CT molecular complexity index is 398. The molecule has 1 aromatic rings. The highest BCUT2D eigenvalue weighted by molar-refractivity contribution is 5.96. The van der Waals surface area contributed by atoms with Crippen LogP contribution in [0.5, 0.6) is 0 Å². The van der Waals surface area contributed by atoms with E-state index in [1.54, 1.807) is 0 Å². The van der Waals surface area contributed by atoms with Crippen molar-refractivity contribution in [1.82, 2.24) is 0 Å². The maximum Gasteiger partial charge on any atom is 0.230 e. The third-order valence-corrected chi connectivity index (χ3v) is 3.72. The normalized spacial score (nSPS) is 17.7. The van der Waals surface area contributed by atoms with Crippen molar-refractivity contribution in [3.8, 4) is 0 Å². The molecule has 0 heterocycles. The van der Waals surface area contributed by atoms with E-state index in [-0.39, 0.29) is 11.3 Å². The molecule has 0 spiro atoms. The molecule has 0 bridgehead atoms. The zero-order valence-electron chi connectivity index (χ0n) is 10.3. The fourth-order valence-corrected chi connectivity index (χ4v) is 2.21. The molecule has 0 atom stereocenters. The van der Waals surface area contributed by atoms with Gasteiger partial charge in [0.05, 0.1) is 0 Å². The van der Waals surface area contributed by atoms with Crippen molar-refractivity contribution >= 4 is 11.6 Å². The van der Waals surface area contributed by atoms with Gasteiger partial charge in [-0.15, -0.1) is 0 Å². The molecular formula is C14H19NO. The maximum atomic E-state index is 12.1. The fraction of sp³-hybridized carbons (Fsp3) is 0.500. The smallest absolute Gasteiger partial charge is 0.230 e. The van der Waals surface area contributed by atoms with E-state index in [0.717, 1.165) is 29.7 Å². The molecule has 0 aliphatic heterocycles. The number of para-hydroxylation sites is 1. The Hall–Kier alpha value is -1.31. The van der Waals surface area contributed by atoms with Crippen molar-refractivity contribution in [2.75, 3.05) is 5.32 Å². The monoisotopic (exact) mass is 217 g/mol. The van der Waals surface area contributed by atoms with Crippen molar-refractivity contribution in [3.05, 3.63) is 29.3 Å². The summed E-state index contributed by atoms with van der Waals surface area (Å²) in [6.45, 7) is 6.12. The van der Waals surface area contributed by atoms with Crippen molar-refractivity contribution in [2.24, 2.45) is 5.41 Å². The van der Waals surface area contributed by atoms with Gasteiger partial charge in [0.1, 0.15) is 0 Å². The molecule has 1 amide bonds. The van der Waals surface area contributed by atoms with Gasteiger partial charge in [-0.05, 0) is 37.8 Å². The molecule has 1 saturated carbocycles. The zero-order chi connectivity index (χ0) is 11.8. The van der Waals surface area contributed by atoms with E-state index in [9.17, 15) is 4.79 Å². The third kappa shape index (κ3) is 1.84. The SMILES string of the molecule is Cc1cccc(C)c1NC(=O)C1(C)CCC1. The molecule has 1 aliphatic rings. The summed E-state index contributed by atoms with van der Waals surface area (Å²) in [4.78, 5) is 12.1. The summed E-state index contributed by atoms with van der Waals surface area (Å²) in [5.41, 5.74) is 3.13. The highest BCUT2D eigenvalue weighted by atomic mass is 16.2. The van der Waals surface area contributed by atoms with Crippen LogP contribution in [0.15, 0.2) is 18.2 Å². The number of anilines is 1. The summed E-state index contributed by atoms with van der Waals surface area (Å²) in [6.07, 6.45) is 3.21. The van der Waals surface area contributed by atoms with E-state index in [1.807, 2.05) is 32.0 Å². The number of benzene rings is 1. The van der Waals surface area contributed by atoms with Gasteiger partial charge in [0.2, 0.25) is 5.91 Å². The first-order chi connectivity index (χ1) is 7.53. The first kappa shape index (κ1) is 11.2. The van der Waals surface area contributed by atoms with Crippen molar-refractivity contribution < 1.29 is 4.79 Å². The molecule has 0 unspecified atom stereocenters. The van der Waals surface area contributed by atoms with Crippen LogP contribution in [-0.2, 0) is 4.79 Å². The molecule has 1 fully saturated rings. The van der Waals surface area contributed by atoms with Crippen molar-refractivity contribution in [3.63, 3.8) is 0 Å². The Morgan fingerprint density at radius 1 is 1.25 bits per heavy atom. The lowest BCUT2D eigenvalue weighted by molar-refractivity contribution is -0.128. The molecule has 2 rings (SSSR count). The molecule has 86 valence electrons. The standard InChI is InChI=1S/C14H19NO/c1-10-6-4-7-11(2)12(10)15-13(16)14(3)8-5-9-14/h4,6-7H,5,8-9H2,1-3H3,(H,15,16). The molecule has 0 aromatic heterocycles. The van der Waals surface area contributed by atoms with Crippen LogP contribution in [0.1, 0.15) is 37.3 Å². The Morgan fingerprint density at radius 3 is 2.25 bits per heavy atom. The summed E-state index contributed by atoms with van der Waals surface area (Å²) >= 11 is 0. The van der Waals surface area contributed by atoms with Crippen molar-refractivity contribution in [1.29, 1.82) is 0 Å². The number of rotatable bonds is 2. The van der Waals surface area contributed by atoms with Crippen LogP contribution in [0, 0.1) is 19.3 Å². The Kier molecular flexibility index (Phi) is 2.75. The number of amides is 1. The number of hydrogen-bond donors (Lipinski definition) is 1. The van der Waals surface area contributed by atoms with E-state index in [1.165, 1.54) is 6.42 Å². The molecule has 2 nitrogen and oxygen atoms in total. The maximum absolute atomic E-state index is 12.1. The molecule has 1 N–H and O–H groups in total. The zero-order valence-corrected chi connectivity index (χ0v) is 10.3. The minimum Gasteiger partial charge on any atom is -0.325 e. The number of hydrogen-bond acceptors (Lipinski definition) is 1. The summed E-state index contributed by atoms with van der Waals surface area (Å²) in [5, 5.41) is 3.08. The predicted molar refractivity (Wildman–Crippen MR) is 66.5 cm³/mol. The van der Waals surface area contributed by atoms with Gasteiger partial charge >= 0.3 is 0 Å². The van der Waals surface area contributed by atoms with Crippen LogP contribution in [-0.4, -0.2) is 5.91 Å². The molecule has 1 aromatic carbocycles. The lowest BCUT2D eigenvalue weighted by atomic mass is 9.70. The third-order valence-electron chi connectivity index (χ3n) is 3.72.